The van der Waals surface area contributed by atoms with Gasteiger partial charge in [-0.05, 0) is 25.7 Å². The minimum Gasteiger partial charge on any atom is -0.349 e. The monoisotopic (exact) mass is 329 g/mol. The first-order valence-electron chi connectivity index (χ1n) is 6.15. The van der Waals surface area contributed by atoms with Gasteiger partial charge in [-0.15, -0.1) is 0 Å². The quantitative estimate of drug-likeness (QED) is 0.639. The molecular formula is C10H20NO5PS2. The van der Waals surface area contributed by atoms with Crippen molar-refractivity contribution in [3.63, 3.8) is 0 Å². The fourth-order valence-electron chi connectivity index (χ4n) is 1.38. The normalized spacial score (nSPS) is 16.9. The molecule has 6 nitrogen and oxygen atoms in total. The third-order valence-electron chi connectivity index (χ3n) is 2.06. The van der Waals surface area contributed by atoms with Crippen LogP contribution >= 0.6 is 17.1 Å². The molecule has 0 bridgehead atoms. The Kier molecular flexibility index (Phi) is 8.68. The Bertz CT molecular complexity index is 315. The molecule has 0 saturated carbocycles. The first-order valence-corrected chi connectivity index (χ1v) is 10.2. The molecule has 1 heterocycles. The van der Waals surface area contributed by atoms with Crippen LogP contribution in [-0.2, 0) is 35.1 Å². The molecule has 0 aromatic rings. The predicted molar refractivity (Wildman–Crippen MR) is 78.7 cm³/mol. The second kappa shape index (κ2) is 9.41. The van der Waals surface area contributed by atoms with E-state index in [9.17, 15) is 4.79 Å². The zero-order valence-electron chi connectivity index (χ0n) is 11.1. The Hall–Kier alpha value is 0.470. The van der Waals surface area contributed by atoms with Gasteiger partial charge in [0.15, 0.2) is 6.29 Å². The van der Waals surface area contributed by atoms with Crippen molar-refractivity contribution in [2.45, 2.75) is 20.1 Å². The molecule has 112 valence electrons. The molecule has 0 aliphatic carbocycles. The summed E-state index contributed by atoms with van der Waals surface area (Å²) >= 11 is 6.24. The van der Waals surface area contributed by atoms with Crippen LogP contribution in [0, 0.1) is 0 Å². The van der Waals surface area contributed by atoms with Crippen LogP contribution in [0.1, 0.15) is 13.8 Å². The average molecular weight is 329 g/mol. The summed E-state index contributed by atoms with van der Waals surface area (Å²) in [6, 6.07) is 0. The van der Waals surface area contributed by atoms with E-state index in [-0.39, 0.29) is 18.0 Å². The van der Waals surface area contributed by atoms with Gasteiger partial charge in [0, 0.05) is 17.9 Å². The van der Waals surface area contributed by atoms with Crippen LogP contribution in [-0.4, -0.2) is 50.9 Å². The highest BCUT2D eigenvalue weighted by Crippen LogP contribution is 2.61. The standard InChI is InChI=1S/C10H20NO5PS2/c1-3-15-17(18,16-4-2)19-9(12)7-11-8-10-13-5-6-14-10/h10-11H,3-8H2,1-2H3. The smallest absolute Gasteiger partial charge is 0.254 e. The van der Waals surface area contributed by atoms with E-state index in [2.05, 4.69) is 5.32 Å². The number of rotatable bonds is 9. The molecule has 0 unspecified atom stereocenters. The lowest BCUT2D eigenvalue weighted by molar-refractivity contribution is -0.110. The summed E-state index contributed by atoms with van der Waals surface area (Å²) in [7, 11) is 0. The Morgan fingerprint density at radius 2 is 1.95 bits per heavy atom. The maximum Gasteiger partial charge on any atom is 0.254 e. The van der Waals surface area contributed by atoms with Crippen LogP contribution in [0.2, 0.25) is 0 Å². The van der Waals surface area contributed by atoms with Crippen LogP contribution in [0.5, 0.6) is 0 Å². The summed E-state index contributed by atoms with van der Waals surface area (Å²) in [5.41, 5.74) is -2.54. The maximum atomic E-state index is 11.8. The molecule has 9 heteroatoms. The Balaban J connectivity index is 2.25. The summed E-state index contributed by atoms with van der Waals surface area (Å²) in [6.07, 6.45) is -0.264. The zero-order chi connectivity index (χ0) is 14.1. The van der Waals surface area contributed by atoms with Crippen LogP contribution in [0.15, 0.2) is 0 Å². The van der Waals surface area contributed by atoms with Crippen molar-refractivity contribution in [2.75, 3.05) is 39.5 Å². The predicted octanol–water partition coefficient (Wildman–Crippen LogP) is 1.51. The molecule has 1 N–H and O–H groups in total. The highest BCUT2D eigenvalue weighted by atomic mass is 32.9. The molecule has 1 rings (SSSR count). The van der Waals surface area contributed by atoms with Crippen LogP contribution < -0.4 is 5.32 Å². The second-order valence-corrected chi connectivity index (χ2v) is 9.72. The first-order chi connectivity index (χ1) is 9.09. The van der Waals surface area contributed by atoms with Crippen molar-refractivity contribution >= 4 is 34.0 Å². The van der Waals surface area contributed by atoms with E-state index in [0.29, 0.717) is 33.0 Å². The van der Waals surface area contributed by atoms with E-state index in [4.69, 9.17) is 30.3 Å². The van der Waals surface area contributed by atoms with Gasteiger partial charge in [-0.25, -0.2) is 0 Å². The largest absolute Gasteiger partial charge is 0.349 e. The number of hydrogen-bond donors (Lipinski definition) is 1. The SMILES string of the molecule is CCOP(=S)(OCC)SC(=O)CNCC1OCCO1. The van der Waals surface area contributed by atoms with E-state index in [1.807, 2.05) is 13.8 Å². The maximum absolute atomic E-state index is 11.8. The lowest BCUT2D eigenvalue weighted by Crippen LogP contribution is -2.30. The molecule has 0 spiro atoms. The minimum atomic E-state index is -2.54. The van der Waals surface area contributed by atoms with Crippen molar-refractivity contribution in [1.82, 2.24) is 5.32 Å². The highest BCUT2D eigenvalue weighted by Gasteiger charge is 2.24. The third kappa shape index (κ3) is 7.15. The molecule has 1 fully saturated rings. The van der Waals surface area contributed by atoms with Gasteiger partial charge in [-0.1, -0.05) is 0 Å². The Morgan fingerprint density at radius 1 is 1.37 bits per heavy atom. The molecule has 0 atom stereocenters. The van der Waals surface area contributed by atoms with Crippen LogP contribution in [0.3, 0.4) is 0 Å². The van der Waals surface area contributed by atoms with Gasteiger partial charge in [-0.2, -0.15) is 0 Å². The van der Waals surface area contributed by atoms with E-state index < -0.39 is 5.69 Å². The first kappa shape index (κ1) is 17.5. The number of carbonyl (C=O) groups excluding carboxylic acids is 1. The van der Waals surface area contributed by atoms with Gasteiger partial charge in [0.1, 0.15) is 0 Å². The van der Waals surface area contributed by atoms with Crippen molar-refractivity contribution in [3.05, 3.63) is 0 Å². The second-order valence-electron chi connectivity index (χ2n) is 3.55. The number of hydrogen-bond acceptors (Lipinski definition) is 8. The molecular weight excluding hydrogens is 309 g/mol. The summed E-state index contributed by atoms with van der Waals surface area (Å²) in [6.45, 7) is 6.42. The number of nitrogens with one attached hydrogen (secondary N) is 1. The van der Waals surface area contributed by atoms with E-state index in [0.717, 1.165) is 11.4 Å². The van der Waals surface area contributed by atoms with Gasteiger partial charge < -0.3 is 23.8 Å². The lowest BCUT2D eigenvalue weighted by atomic mass is 10.6. The van der Waals surface area contributed by atoms with Gasteiger partial charge >= 0.3 is 0 Å². The van der Waals surface area contributed by atoms with Gasteiger partial charge in [0.2, 0.25) is 5.12 Å². The van der Waals surface area contributed by atoms with Crippen molar-refractivity contribution < 1.29 is 23.3 Å². The third-order valence-corrected chi connectivity index (χ3v) is 7.00. The Morgan fingerprint density at radius 3 is 2.47 bits per heavy atom. The Labute approximate surface area is 122 Å². The average Bonchev–Trinajstić information content (AvgIpc) is 2.82. The van der Waals surface area contributed by atoms with E-state index in [1.165, 1.54) is 0 Å². The molecule has 1 saturated heterocycles. The van der Waals surface area contributed by atoms with E-state index in [1.54, 1.807) is 0 Å². The fourth-order valence-corrected chi connectivity index (χ4v) is 5.88. The topological polar surface area (TPSA) is 66.0 Å². The summed E-state index contributed by atoms with van der Waals surface area (Å²) in [4.78, 5) is 11.8. The summed E-state index contributed by atoms with van der Waals surface area (Å²) < 4.78 is 21.3. The van der Waals surface area contributed by atoms with Crippen molar-refractivity contribution in [3.8, 4) is 0 Å². The molecule has 1 aliphatic rings. The zero-order valence-corrected chi connectivity index (χ0v) is 13.7. The molecule has 1 aliphatic heterocycles. The number of carbonyl (C=O) groups is 1. The summed E-state index contributed by atoms with van der Waals surface area (Å²) in [5, 5.41) is 2.88. The minimum absolute atomic E-state index is 0.0942. The lowest BCUT2D eigenvalue weighted by Gasteiger charge is -2.19. The molecule has 0 aromatic heterocycles. The van der Waals surface area contributed by atoms with E-state index >= 15 is 0 Å². The molecule has 19 heavy (non-hydrogen) atoms. The molecule has 0 aromatic carbocycles. The highest BCUT2D eigenvalue weighted by molar-refractivity contribution is 8.73. The summed E-state index contributed by atoms with van der Waals surface area (Å²) in [5.74, 6) is 0. The molecule has 0 amide bonds. The van der Waals surface area contributed by atoms with Crippen molar-refractivity contribution in [1.29, 1.82) is 0 Å². The van der Waals surface area contributed by atoms with Gasteiger partial charge in [0.25, 0.3) is 5.69 Å². The number of ether oxygens (including phenoxy) is 2. The van der Waals surface area contributed by atoms with Gasteiger partial charge in [-0.3, -0.25) is 4.79 Å². The fraction of sp³-hybridized carbons (Fsp3) is 0.900. The van der Waals surface area contributed by atoms with Crippen LogP contribution in [0.4, 0.5) is 0 Å². The molecule has 0 radical (unpaired) electrons. The van der Waals surface area contributed by atoms with Crippen molar-refractivity contribution in [2.24, 2.45) is 0 Å². The van der Waals surface area contributed by atoms with Gasteiger partial charge in [0.05, 0.1) is 33.0 Å². The van der Waals surface area contributed by atoms with Crippen LogP contribution in [0.25, 0.3) is 0 Å².